The summed E-state index contributed by atoms with van der Waals surface area (Å²) in [6, 6.07) is 19.2. The molecule has 0 aromatic heterocycles. The average molecular weight is 381 g/mol. The van der Waals surface area contributed by atoms with Crippen molar-refractivity contribution in [2.75, 3.05) is 6.61 Å². The van der Waals surface area contributed by atoms with Gasteiger partial charge in [0.15, 0.2) is 0 Å². The molecule has 1 aliphatic rings. The third-order valence-corrected chi connectivity index (χ3v) is 4.90. The molecule has 1 atom stereocenters. The molecule has 0 aliphatic carbocycles. The molecule has 3 rings (SSSR count). The predicted octanol–water partition coefficient (Wildman–Crippen LogP) is 3.72. The van der Waals surface area contributed by atoms with Gasteiger partial charge in [0.05, 0.1) is 12.6 Å². The lowest BCUT2D eigenvalue weighted by molar-refractivity contribution is -0.251. The molecule has 0 bridgehead atoms. The van der Waals surface area contributed by atoms with Crippen molar-refractivity contribution < 1.29 is 19.2 Å². The van der Waals surface area contributed by atoms with E-state index in [1.54, 1.807) is 13.8 Å². The predicted molar refractivity (Wildman–Crippen MR) is 106 cm³/mol. The molecule has 28 heavy (non-hydrogen) atoms. The van der Waals surface area contributed by atoms with Gasteiger partial charge in [-0.25, -0.2) is 5.06 Å². The van der Waals surface area contributed by atoms with E-state index in [9.17, 15) is 9.59 Å². The Kier molecular flexibility index (Phi) is 6.60. The van der Waals surface area contributed by atoms with Crippen molar-refractivity contribution in [2.45, 2.75) is 51.4 Å². The molecule has 2 aromatic rings. The van der Waals surface area contributed by atoms with Crippen LogP contribution in [-0.4, -0.2) is 35.0 Å². The van der Waals surface area contributed by atoms with E-state index in [0.717, 1.165) is 11.1 Å². The number of amides is 1. The number of nitrogens with zero attached hydrogens (tertiary/aromatic N) is 1. The molecule has 1 fully saturated rings. The van der Waals surface area contributed by atoms with Gasteiger partial charge in [-0.1, -0.05) is 60.7 Å². The molecule has 2 aromatic carbocycles. The van der Waals surface area contributed by atoms with Crippen LogP contribution in [0, 0.1) is 0 Å². The van der Waals surface area contributed by atoms with Crippen LogP contribution < -0.4 is 0 Å². The molecule has 0 N–H and O–H groups in total. The molecule has 5 nitrogen and oxygen atoms in total. The molecule has 1 aliphatic heterocycles. The molecular weight excluding hydrogens is 354 g/mol. The molecule has 5 heteroatoms. The number of carbonyl (C=O) groups is 2. The van der Waals surface area contributed by atoms with Crippen LogP contribution in [0.25, 0.3) is 0 Å². The Bertz CT molecular complexity index is 789. The van der Waals surface area contributed by atoms with E-state index < -0.39 is 11.6 Å². The quantitative estimate of drug-likeness (QED) is 0.699. The maximum absolute atomic E-state index is 12.8. The van der Waals surface area contributed by atoms with Crippen LogP contribution in [0.2, 0.25) is 0 Å². The third-order valence-electron chi connectivity index (χ3n) is 4.90. The second-order valence-corrected chi connectivity index (χ2v) is 7.59. The van der Waals surface area contributed by atoms with Crippen molar-refractivity contribution in [1.82, 2.24) is 5.06 Å². The highest BCUT2D eigenvalue weighted by Gasteiger charge is 2.43. The van der Waals surface area contributed by atoms with E-state index in [4.69, 9.17) is 9.57 Å². The summed E-state index contributed by atoms with van der Waals surface area (Å²) in [6.07, 6.45) is 1.35. The Balaban J connectivity index is 1.61. The first kappa shape index (κ1) is 20.2. The minimum absolute atomic E-state index is 0.0956. The summed E-state index contributed by atoms with van der Waals surface area (Å²) in [5.74, 6) is -0.159. The van der Waals surface area contributed by atoms with Crippen LogP contribution >= 0.6 is 0 Å². The Morgan fingerprint density at radius 1 is 1.07 bits per heavy atom. The maximum Gasteiger partial charge on any atom is 0.278 e. The van der Waals surface area contributed by atoms with Crippen LogP contribution in [0.3, 0.4) is 0 Å². The van der Waals surface area contributed by atoms with Crippen molar-refractivity contribution in [3.8, 4) is 0 Å². The van der Waals surface area contributed by atoms with Crippen LogP contribution in [0.5, 0.6) is 0 Å². The number of carbonyl (C=O) groups excluding carboxylic acids is 2. The van der Waals surface area contributed by atoms with Crippen molar-refractivity contribution >= 4 is 11.7 Å². The second-order valence-electron chi connectivity index (χ2n) is 7.59. The van der Waals surface area contributed by atoms with Crippen molar-refractivity contribution in [1.29, 1.82) is 0 Å². The van der Waals surface area contributed by atoms with Crippen LogP contribution in [0.1, 0.15) is 37.8 Å². The van der Waals surface area contributed by atoms with Crippen LogP contribution in [-0.2, 0) is 32.2 Å². The number of aryl methyl sites for hydroxylation is 1. The molecule has 0 spiro atoms. The van der Waals surface area contributed by atoms with Gasteiger partial charge in [-0.2, -0.15) is 0 Å². The molecule has 1 saturated heterocycles. The lowest BCUT2D eigenvalue weighted by Gasteiger charge is -2.41. The number of ether oxygens (including phenoxy) is 1. The first-order valence-corrected chi connectivity index (χ1v) is 9.66. The summed E-state index contributed by atoms with van der Waals surface area (Å²) in [6.45, 7) is 4.01. The van der Waals surface area contributed by atoms with Crippen LogP contribution in [0.15, 0.2) is 60.7 Å². The van der Waals surface area contributed by atoms with Crippen molar-refractivity contribution in [2.24, 2.45) is 0 Å². The van der Waals surface area contributed by atoms with Gasteiger partial charge < -0.3 is 4.74 Å². The van der Waals surface area contributed by atoms with E-state index in [2.05, 4.69) is 0 Å². The number of morpholine rings is 1. The van der Waals surface area contributed by atoms with Crippen molar-refractivity contribution in [3.63, 3.8) is 0 Å². The van der Waals surface area contributed by atoms with E-state index in [1.165, 1.54) is 5.06 Å². The minimum Gasteiger partial charge on any atom is -0.363 e. The summed E-state index contributed by atoms with van der Waals surface area (Å²) in [5.41, 5.74) is 1.14. The summed E-state index contributed by atoms with van der Waals surface area (Å²) in [7, 11) is 0. The molecule has 148 valence electrons. The van der Waals surface area contributed by atoms with E-state index in [0.29, 0.717) is 12.8 Å². The Hall–Kier alpha value is -2.50. The average Bonchev–Trinajstić information content (AvgIpc) is 2.71. The second kappa shape index (κ2) is 9.13. The first-order valence-electron chi connectivity index (χ1n) is 9.66. The zero-order valence-corrected chi connectivity index (χ0v) is 16.5. The van der Waals surface area contributed by atoms with Gasteiger partial charge in [0.2, 0.25) is 0 Å². The lowest BCUT2D eigenvalue weighted by atomic mass is 9.99. The lowest BCUT2D eigenvalue weighted by Crippen LogP contribution is -2.58. The fraction of sp³-hybridized carbons (Fsp3) is 0.391. The number of ketones is 1. The largest absolute Gasteiger partial charge is 0.363 e. The Morgan fingerprint density at radius 2 is 1.68 bits per heavy atom. The van der Waals surface area contributed by atoms with Gasteiger partial charge in [0.25, 0.3) is 5.91 Å². The van der Waals surface area contributed by atoms with Gasteiger partial charge >= 0.3 is 0 Å². The van der Waals surface area contributed by atoms with Crippen molar-refractivity contribution in [3.05, 3.63) is 71.8 Å². The number of hydrogen-bond donors (Lipinski definition) is 0. The topological polar surface area (TPSA) is 55.8 Å². The van der Waals surface area contributed by atoms with E-state index >= 15 is 0 Å². The molecular formula is C23H27NO4. The van der Waals surface area contributed by atoms with Gasteiger partial charge in [0.1, 0.15) is 18.0 Å². The molecule has 0 radical (unpaired) electrons. The molecule has 1 heterocycles. The van der Waals surface area contributed by atoms with E-state index in [-0.39, 0.29) is 31.3 Å². The zero-order valence-electron chi connectivity index (χ0n) is 16.5. The number of rotatable bonds is 8. The van der Waals surface area contributed by atoms with Gasteiger partial charge in [-0.15, -0.1) is 0 Å². The highest BCUT2D eigenvalue weighted by molar-refractivity contribution is 5.86. The Labute approximate surface area is 166 Å². The summed E-state index contributed by atoms with van der Waals surface area (Å²) >= 11 is 0. The minimum atomic E-state index is -0.958. The number of hydroxylamine groups is 2. The number of Topliss-reactive ketones (excluding diaryl/α,β-unsaturated/α-hetero) is 1. The van der Waals surface area contributed by atoms with Gasteiger partial charge in [0, 0.05) is 12.8 Å². The Morgan fingerprint density at radius 3 is 2.32 bits per heavy atom. The van der Waals surface area contributed by atoms with Crippen LogP contribution in [0.4, 0.5) is 0 Å². The third kappa shape index (κ3) is 5.27. The SMILES string of the molecule is CC1(C)OC[C@H](CC(=O)CCc2ccccc2)N(OCc2ccccc2)C1=O. The summed E-state index contributed by atoms with van der Waals surface area (Å²) in [4.78, 5) is 31.2. The van der Waals surface area contributed by atoms with E-state index in [1.807, 2.05) is 60.7 Å². The molecule has 1 amide bonds. The fourth-order valence-electron chi connectivity index (χ4n) is 3.18. The normalized spacial score (nSPS) is 18.9. The maximum atomic E-state index is 12.8. The molecule has 0 unspecified atom stereocenters. The smallest absolute Gasteiger partial charge is 0.278 e. The van der Waals surface area contributed by atoms with Gasteiger partial charge in [-0.05, 0) is 31.4 Å². The molecule has 0 saturated carbocycles. The monoisotopic (exact) mass is 381 g/mol. The standard InChI is InChI=1S/C23H27NO4/c1-23(2)22(26)24(28-16-19-11-7-4-8-12-19)20(17-27-23)15-21(25)14-13-18-9-5-3-6-10-18/h3-12,20H,13-17H2,1-2H3/t20-/m0/s1. The summed E-state index contributed by atoms with van der Waals surface area (Å²) in [5, 5.41) is 1.36. The first-order chi connectivity index (χ1) is 13.5. The summed E-state index contributed by atoms with van der Waals surface area (Å²) < 4.78 is 5.71. The number of hydrogen-bond acceptors (Lipinski definition) is 4. The zero-order chi connectivity index (χ0) is 20.0. The highest BCUT2D eigenvalue weighted by Crippen LogP contribution is 2.25. The number of benzene rings is 2. The highest BCUT2D eigenvalue weighted by atomic mass is 16.7. The van der Waals surface area contributed by atoms with Gasteiger partial charge in [-0.3, -0.25) is 14.4 Å². The fourth-order valence-corrected chi connectivity index (χ4v) is 3.18.